The molecular formula is C15H30N2O4. The summed E-state index contributed by atoms with van der Waals surface area (Å²) >= 11 is 0. The summed E-state index contributed by atoms with van der Waals surface area (Å²) in [7, 11) is 0. The summed E-state index contributed by atoms with van der Waals surface area (Å²) in [4.78, 5) is 24.2. The monoisotopic (exact) mass is 302 g/mol. The summed E-state index contributed by atoms with van der Waals surface area (Å²) in [5, 5.41) is 11.4. The number of amides is 2. The summed E-state index contributed by atoms with van der Waals surface area (Å²) < 4.78 is 5.44. The Hall–Kier alpha value is -1.30. The second kappa shape index (κ2) is 11.4. The van der Waals surface area contributed by atoms with Gasteiger partial charge in [0.25, 0.3) is 0 Å². The van der Waals surface area contributed by atoms with Crippen molar-refractivity contribution in [2.45, 2.75) is 53.0 Å². The first-order chi connectivity index (χ1) is 9.84. The molecule has 21 heavy (non-hydrogen) atoms. The highest BCUT2D eigenvalue weighted by Crippen LogP contribution is 2.02. The topological polar surface area (TPSA) is 78.9 Å². The zero-order valence-corrected chi connectivity index (χ0v) is 13.7. The summed E-state index contributed by atoms with van der Waals surface area (Å²) in [6.45, 7) is 10.2. The maximum absolute atomic E-state index is 12.0. The van der Waals surface area contributed by atoms with Crippen molar-refractivity contribution in [3.8, 4) is 0 Å². The van der Waals surface area contributed by atoms with Crippen molar-refractivity contribution in [2.75, 3.05) is 26.3 Å². The Bertz CT molecular complexity index is 306. The number of nitrogens with zero attached hydrogens (tertiary/aromatic N) is 1. The van der Waals surface area contributed by atoms with Crippen LogP contribution in [0.4, 0.5) is 4.79 Å². The molecule has 0 bridgehead atoms. The van der Waals surface area contributed by atoms with Gasteiger partial charge in [0.1, 0.15) is 0 Å². The molecule has 0 aromatic heterocycles. The van der Waals surface area contributed by atoms with E-state index in [1.165, 1.54) is 0 Å². The molecule has 0 aliphatic carbocycles. The van der Waals surface area contributed by atoms with Gasteiger partial charge in [0, 0.05) is 32.2 Å². The largest absolute Gasteiger partial charge is 0.481 e. The van der Waals surface area contributed by atoms with Crippen LogP contribution in [-0.4, -0.2) is 54.4 Å². The van der Waals surface area contributed by atoms with Gasteiger partial charge < -0.3 is 20.1 Å². The number of ether oxygens (including phenoxy) is 1. The number of carboxylic acids is 1. The van der Waals surface area contributed by atoms with E-state index in [0.717, 1.165) is 6.42 Å². The molecule has 0 atom stereocenters. The van der Waals surface area contributed by atoms with Gasteiger partial charge in [-0.25, -0.2) is 4.79 Å². The Morgan fingerprint density at radius 2 is 1.86 bits per heavy atom. The second-order valence-corrected chi connectivity index (χ2v) is 5.81. The van der Waals surface area contributed by atoms with E-state index >= 15 is 0 Å². The van der Waals surface area contributed by atoms with Gasteiger partial charge in [0.2, 0.25) is 0 Å². The molecule has 0 radical (unpaired) electrons. The van der Waals surface area contributed by atoms with Crippen molar-refractivity contribution in [1.82, 2.24) is 10.2 Å². The first kappa shape index (κ1) is 19.7. The lowest BCUT2D eigenvalue weighted by molar-refractivity contribution is -0.137. The van der Waals surface area contributed by atoms with E-state index in [1.54, 1.807) is 4.90 Å². The Morgan fingerprint density at radius 1 is 1.19 bits per heavy atom. The molecule has 0 heterocycles. The molecule has 6 nitrogen and oxygen atoms in total. The highest BCUT2D eigenvalue weighted by molar-refractivity contribution is 5.74. The summed E-state index contributed by atoms with van der Waals surface area (Å²) in [6.07, 6.45) is 1.56. The Kier molecular flexibility index (Phi) is 10.7. The van der Waals surface area contributed by atoms with Crippen molar-refractivity contribution in [3.63, 3.8) is 0 Å². The van der Waals surface area contributed by atoms with Crippen molar-refractivity contribution in [2.24, 2.45) is 5.92 Å². The Labute approximate surface area is 127 Å². The van der Waals surface area contributed by atoms with Gasteiger partial charge >= 0.3 is 12.0 Å². The first-order valence-corrected chi connectivity index (χ1v) is 7.68. The number of carbonyl (C=O) groups excluding carboxylic acids is 1. The zero-order chi connectivity index (χ0) is 16.3. The third kappa shape index (κ3) is 11.1. The van der Waals surface area contributed by atoms with E-state index in [1.807, 2.05) is 13.8 Å². The van der Waals surface area contributed by atoms with Crippen LogP contribution in [-0.2, 0) is 9.53 Å². The minimum Gasteiger partial charge on any atom is -0.481 e. The van der Waals surface area contributed by atoms with Crippen LogP contribution in [0.2, 0.25) is 0 Å². The normalized spacial score (nSPS) is 11.0. The quantitative estimate of drug-likeness (QED) is 0.574. The van der Waals surface area contributed by atoms with Crippen LogP contribution in [0.15, 0.2) is 0 Å². The molecular weight excluding hydrogens is 272 g/mol. The zero-order valence-electron chi connectivity index (χ0n) is 13.7. The fourth-order valence-corrected chi connectivity index (χ4v) is 1.75. The van der Waals surface area contributed by atoms with Crippen LogP contribution in [0.5, 0.6) is 0 Å². The number of rotatable bonds is 11. The van der Waals surface area contributed by atoms with Crippen molar-refractivity contribution >= 4 is 12.0 Å². The average Bonchev–Trinajstić information content (AvgIpc) is 2.37. The lowest BCUT2D eigenvalue weighted by Crippen LogP contribution is -2.45. The van der Waals surface area contributed by atoms with Crippen molar-refractivity contribution < 1.29 is 19.4 Å². The fraction of sp³-hybridized carbons (Fsp3) is 0.867. The molecule has 0 unspecified atom stereocenters. The maximum Gasteiger partial charge on any atom is 0.317 e. The average molecular weight is 302 g/mol. The van der Waals surface area contributed by atoms with Gasteiger partial charge in [-0.1, -0.05) is 13.8 Å². The predicted molar refractivity (Wildman–Crippen MR) is 82.4 cm³/mol. The van der Waals surface area contributed by atoms with E-state index in [9.17, 15) is 9.59 Å². The smallest absolute Gasteiger partial charge is 0.317 e. The summed E-state index contributed by atoms with van der Waals surface area (Å²) in [5.74, 6) is -0.220. The third-order valence-electron chi connectivity index (χ3n) is 3.04. The number of hydrogen-bond acceptors (Lipinski definition) is 3. The molecule has 0 saturated heterocycles. The molecule has 0 aliphatic rings. The van der Waals surface area contributed by atoms with Crippen LogP contribution in [0.3, 0.4) is 0 Å². The van der Waals surface area contributed by atoms with Crippen molar-refractivity contribution in [3.05, 3.63) is 0 Å². The Morgan fingerprint density at radius 3 is 2.38 bits per heavy atom. The number of carboxylic acid groups (broad SMARTS) is 1. The van der Waals surface area contributed by atoms with Gasteiger partial charge in [-0.05, 0) is 32.6 Å². The predicted octanol–water partition coefficient (Wildman–Crippen LogP) is 2.33. The fourth-order valence-electron chi connectivity index (χ4n) is 1.75. The molecule has 0 saturated carbocycles. The molecule has 124 valence electrons. The summed E-state index contributed by atoms with van der Waals surface area (Å²) in [6, 6.07) is -0.122. The molecule has 0 aromatic rings. The molecule has 0 spiro atoms. The van der Waals surface area contributed by atoms with Crippen LogP contribution < -0.4 is 5.32 Å². The van der Waals surface area contributed by atoms with Gasteiger partial charge in [-0.3, -0.25) is 4.79 Å². The molecule has 2 N–H and O–H groups in total. The highest BCUT2D eigenvalue weighted by Gasteiger charge is 2.16. The minimum absolute atomic E-state index is 0.0423. The molecule has 0 aromatic carbocycles. The minimum atomic E-state index is -0.835. The molecule has 0 rings (SSSR count). The van der Waals surface area contributed by atoms with Crippen LogP contribution in [0, 0.1) is 5.92 Å². The van der Waals surface area contributed by atoms with Crippen molar-refractivity contribution in [1.29, 1.82) is 0 Å². The number of carbonyl (C=O) groups is 2. The van der Waals surface area contributed by atoms with E-state index in [-0.39, 0.29) is 18.5 Å². The van der Waals surface area contributed by atoms with E-state index in [4.69, 9.17) is 9.84 Å². The van der Waals surface area contributed by atoms with Gasteiger partial charge in [0.15, 0.2) is 0 Å². The molecule has 0 fully saturated rings. The van der Waals surface area contributed by atoms with E-state index in [0.29, 0.717) is 38.6 Å². The lowest BCUT2D eigenvalue weighted by Gasteiger charge is -2.26. The van der Waals surface area contributed by atoms with E-state index in [2.05, 4.69) is 19.2 Å². The number of hydrogen-bond donors (Lipinski definition) is 2. The van der Waals surface area contributed by atoms with E-state index < -0.39 is 5.97 Å². The standard InChI is InChI=1S/C15H30N2O4/c1-12(2)7-10-21-11-8-16-15(20)17(13(3)4)9-5-6-14(18)19/h12-13H,5-11H2,1-4H3,(H,16,20)(H,18,19). The molecule has 2 amide bonds. The number of urea groups is 1. The highest BCUT2D eigenvalue weighted by atomic mass is 16.5. The van der Waals surface area contributed by atoms with Crippen LogP contribution in [0.25, 0.3) is 0 Å². The van der Waals surface area contributed by atoms with Crippen LogP contribution >= 0.6 is 0 Å². The molecule has 6 heteroatoms. The Balaban J connectivity index is 3.88. The third-order valence-corrected chi connectivity index (χ3v) is 3.04. The number of aliphatic carboxylic acids is 1. The maximum atomic E-state index is 12.0. The van der Waals surface area contributed by atoms with Gasteiger partial charge in [-0.15, -0.1) is 0 Å². The number of nitrogens with one attached hydrogen (secondary N) is 1. The lowest BCUT2D eigenvalue weighted by atomic mass is 10.1. The second-order valence-electron chi connectivity index (χ2n) is 5.81. The summed E-state index contributed by atoms with van der Waals surface area (Å²) in [5.41, 5.74) is 0. The van der Waals surface area contributed by atoms with Crippen LogP contribution in [0.1, 0.15) is 47.0 Å². The first-order valence-electron chi connectivity index (χ1n) is 7.68. The van der Waals surface area contributed by atoms with Gasteiger partial charge in [0.05, 0.1) is 6.61 Å². The SMILES string of the molecule is CC(C)CCOCCNC(=O)N(CCCC(=O)O)C(C)C. The van der Waals surface area contributed by atoms with Gasteiger partial charge in [-0.2, -0.15) is 0 Å². The molecule has 0 aliphatic heterocycles.